The number of hydrogen-bond acceptors (Lipinski definition) is 5. The highest BCUT2D eigenvalue weighted by molar-refractivity contribution is 5.63. The number of aromatic nitrogens is 3. The maximum Gasteiger partial charge on any atom is 0.272 e. The molecule has 0 aliphatic rings. The summed E-state index contributed by atoms with van der Waals surface area (Å²) in [5, 5.41) is 19.1. The molecule has 0 fully saturated rings. The molecule has 7 nitrogen and oxygen atoms in total. The van der Waals surface area contributed by atoms with Crippen molar-refractivity contribution in [2.45, 2.75) is 6.92 Å². The largest absolute Gasteiger partial charge is 0.399 e. The lowest BCUT2D eigenvalue weighted by Gasteiger charge is -2.01. The van der Waals surface area contributed by atoms with E-state index in [4.69, 9.17) is 5.73 Å². The van der Waals surface area contributed by atoms with Gasteiger partial charge in [-0.2, -0.15) is 0 Å². The first-order valence-electron chi connectivity index (χ1n) is 6.58. The Morgan fingerprint density at radius 1 is 1.23 bits per heavy atom. The van der Waals surface area contributed by atoms with E-state index < -0.39 is 4.92 Å². The van der Waals surface area contributed by atoms with Crippen molar-refractivity contribution in [1.82, 2.24) is 15.0 Å². The normalized spacial score (nSPS) is 10.6. The van der Waals surface area contributed by atoms with Gasteiger partial charge in [0.1, 0.15) is 5.69 Å². The smallest absolute Gasteiger partial charge is 0.272 e. The SMILES string of the molecule is Cc1ccc(-c2cn(-c3cccc(N)c3)nn2)cc1[N+](=O)[O-]. The number of nitrogens with two attached hydrogens (primary N) is 1. The summed E-state index contributed by atoms with van der Waals surface area (Å²) in [6, 6.07) is 12.2. The first-order chi connectivity index (χ1) is 10.5. The molecule has 7 heteroatoms. The minimum Gasteiger partial charge on any atom is -0.399 e. The van der Waals surface area contributed by atoms with Crippen molar-refractivity contribution in [2.75, 3.05) is 5.73 Å². The summed E-state index contributed by atoms with van der Waals surface area (Å²) >= 11 is 0. The van der Waals surface area contributed by atoms with Crippen LogP contribution in [-0.4, -0.2) is 19.9 Å². The summed E-state index contributed by atoms with van der Waals surface area (Å²) in [6.45, 7) is 1.70. The standard InChI is InChI=1S/C15H13N5O2/c1-10-5-6-11(7-15(10)20(21)22)14-9-19(18-17-14)13-4-2-3-12(16)8-13/h2-9H,16H2,1H3. The molecule has 22 heavy (non-hydrogen) atoms. The van der Waals surface area contributed by atoms with E-state index in [1.54, 1.807) is 42.1 Å². The van der Waals surface area contributed by atoms with Crippen LogP contribution in [0.15, 0.2) is 48.7 Å². The molecule has 2 N–H and O–H groups in total. The average Bonchev–Trinajstić information content (AvgIpc) is 2.97. The molecule has 0 saturated heterocycles. The summed E-state index contributed by atoms with van der Waals surface area (Å²) < 4.78 is 1.58. The van der Waals surface area contributed by atoms with Crippen molar-refractivity contribution in [3.63, 3.8) is 0 Å². The second kappa shape index (κ2) is 5.28. The zero-order valence-electron chi connectivity index (χ0n) is 11.8. The first-order valence-corrected chi connectivity index (χ1v) is 6.58. The lowest BCUT2D eigenvalue weighted by atomic mass is 10.1. The number of nitrogens with zero attached hydrogens (tertiary/aromatic N) is 4. The zero-order valence-corrected chi connectivity index (χ0v) is 11.8. The molecule has 3 rings (SSSR count). The number of aryl methyl sites for hydroxylation is 1. The molecule has 0 aliphatic carbocycles. The molecule has 1 heterocycles. The molecule has 0 atom stereocenters. The van der Waals surface area contributed by atoms with Gasteiger partial charge in [0.25, 0.3) is 5.69 Å². The Morgan fingerprint density at radius 3 is 2.77 bits per heavy atom. The third-order valence-corrected chi connectivity index (χ3v) is 3.33. The number of nitrogen functional groups attached to an aromatic ring is 1. The fraction of sp³-hybridized carbons (Fsp3) is 0.0667. The Morgan fingerprint density at radius 2 is 2.05 bits per heavy atom. The van der Waals surface area contributed by atoms with Gasteiger partial charge in [-0.05, 0) is 25.1 Å². The van der Waals surface area contributed by atoms with Crippen LogP contribution >= 0.6 is 0 Å². The van der Waals surface area contributed by atoms with Gasteiger partial charge < -0.3 is 5.73 Å². The molecule has 0 radical (unpaired) electrons. The summed E-state index contributed by atoms with van der Waals surface area (Å²) in [6.07, 6.45) is 1.71. The fourth-order valence-corrected chi connectivity index (χ4v) is 2.15. The van der Waals surface area contributed by atoms with Crippen LogP contribution in [0.25, 0.3) is 16.9 Å². The van der Waals surface area contributed by atoms with E-state index in [2.05, 4.69) is 10.3 Å². The van der Waals surface area contributed by atoms with Crippen molar-refractivity contribution < 1.29 is 4.92 Å². The highest BCUT2D eigenvalue weighted by Gasteiger charge is 2.14. The highest BCUT2D eigenvalue weighted by atomic mass is 16.6. The van der Waals surface area contributed by atoms with Crippen molar-refractivity contribution in [2.24, 2.45) is 0 Å². The second-order valence-corrected chi connectivity index (χ2v) is 4.90. The number of nitro benzene ring substituents is 1. The maximum atomic E-state index is 11.0. The van der Waals surface area contributed by atoms with Crippen LogP contribution in [0.4, 0.5) is 11.4 Å². The number of rotatable bonds is 3. The van der Waals surface area contributed by atoms with Gasteiger partial charge in [-0.1, -0.05) is 23.4 Å². The Hall–Kier alpha value is -3.22. The van der Waals surface area contributed by atoms with Gasteiger partial charge in [-0.3, -0.25) is 10.1 Å². The van der Waals surface area contributed by atoms with E-state index >= 15 is 0 Å². The summed E-state index contributed by atoms with van der Waals surface area (Å²) in [4.78, 5) is 10.6. The molecule has 2 aromatic carbocycles. The molecule has 0 unspecified atom stereocenters. The van der Waals surface area contributed by atoms with Crippen LogP contribution in [0, 0.1) is 17.0 Å². The van der Waals surface area contributed by atoms with Crippen molar-refractivity contribution in [3.8, 4) is 16.9 Å². The van der Waals surface area contributed by atoms with Crippen LogP contribution in [0.5, 0.6) is 0 Å². The Balaban J connectivity index is 2.01. The number of anilines is 1. The second-order valence-electron chi connectivity index (χ2n) is 4.90. The first kappa shape index (κ1) is 13.7. The molecule has 0 aliphatic heterocycles. The van der Waals surface area contributed by atoms with Crippen molar-refractivity contribution in [1.29, 1.82) is 0 Å². The van der Waals surface area contributed by atoms with Crippen molar-refractivity contribution >= 4 is 11.4 Å². The third-order valence-electron chi connectivity index (χ3n) is 3.33. The average molecular weight is 295 g/mol. The predicted molar refractivity (Wildman–Crippen MR) is 82.6 cm³/mol. The van der Waals surface area contributed by atoms with Crippen LogP contribution in [0.3, 0.4) is 0 Å². The van der Waals surface area contributed by atoms with E-state index in [1.807, 2.05) is 12.1 Å². The molecule has 1 aromatic heterocycles. The third kappa shape index (κ3) is 2.51. The lowest BCUT2D eigenvalue weighted by Crippen LogP contribution is -1.95. The minimum atomic E-state index is -0.402. The van der Waals surface area contributed by atoms with E-state index in [0.29, 0.717) is 22.5 Å². The minimum absolute atomic E-state index is 0.0657. The van der Waals surface area contributed by atoms with Gasteiger partial charge in [0.05, 0.1) is 16.8 Å². The Kier molecular flexibility index (Phi) is 3.30. The van der Waals surface area contributed by atoms with Gasteiger partial charge in [0.15, 0.2) is 0 Å². The molecule has 110 valence electrons. The molecule has 0 bridgehead atoms. The van der Waals surface area contributed by atoms with E-state index in [-0.39, 0.29) is 5.69 Å². The highest BCUT2D eigenvalue weighted by Crippen LogP contribution is 2.25. The van der Waals surface area contributed by atoms with Gasteiger partial charge in [0, 0.05) is 22.9 Å². The summed E-state index contributed by atoms with van der Waals surface area (Å²) in [5.74, 6) is 0. The van der Waals surface area contributed by atoms with Crippen LogP contribution in [0.2, 0.25) is 0 Å². The zero-order chi connectivity index (χ0) is 15.7. The Labute approximate surface area is 126 Å². The van der Waals surface area contributed by atoms with Gasteiger partial charge in [-0.15, -0.1) is 5.10 Å². The predicted octanol–water partition coefficient (Wildman–Crippen LogP) is 2.73. The van der Waals surface area contributed by atoms with Crippen molar-refractivity contribution in [3.05, 3.63) is 64.3 Å². The van der Waals surface area contributed by atoms with Gasteiger partial charge in [0.2, 0.25) is 0 Å². The quantitative estimate of drug-likeness (QED) is 0.455. The Bertz CT molecular complexity index is 857. The van der Waals surface area contributed by atoms with Crippen LogP contribution in [0.1, 0.15) is 5.56 Å². The molecular formula is C15H13N5O2. The van der Waals surface area contributed by atoms with Gasteiger partial charge >= 0.3 is 0 Å². The van der Waals surface area contributed by atoms with E-state index in [1.165, 1.54) is 6.07 Å². The van der Waals surface area contributed by atoms with E-state index in [9.17, 15) is 10.1 Å². The monoisotopic (exact) mass is 295 g/mol. The molecular weight excluding hydrogens is 282 g/mol. The molecule has 0 saturated carbocycles. The number of hydrogen-bond donors (Lipinski definition) is 1. The fourth-order valence-electron chi connectivity index (χ4n) is 2.15. The summed E-state index contributed by atoms with van der Waals surface area (Å²) in [7, 11) is 0. The van der Waals surface area contributed by atoms with Gasteiger partial charge in [-0.25, -0.2) is 4.68 Å². The summed E-state index contributed by atoms with van der Waals surface area (Å²) in [5.41, 5.74) is 9.03. The topological polar surface area (TPSA) is 99.9 Å². The number of benzene rings is 2. The number of nitro groups is 1. The van der Waals surface area contributed by atoms with Crippen LogP contribution < -0.4 is 5.73 Å². The maximum absolute atomic E-state index is 11.0. The van der Waals surface area contributed by atoms with E-state index in [0.717, 1.165) is 5.69 Å². The molecule has 0 amide bonds. The van der Waals surface area contributed by atoms with Crippen LogP contribution in [-0.2, 0) is 0 Å². The molecule has 3 aromatic rings. The lowest BCUT2D eigenvalue weighted by molar-refractivity contribution is -0.385. The molecule has 0 spiro atoms.